The minimum Gasteiger partial charge on any atom is -0.393 e. The van der Waals surface area contributed by atoms with E-state index in [9.17, 15) is 14.6 Å². The lowest BCUT2D eigenvalue weighted by atomic mass is 9.90. The van der Waals surface area contributed by atoms with E-state index in [-0.39, 0.29) is 11.7 Å². The molecular formula is C13H18FN3O3. The molecule has 2 aliphatic rings. The Labute approximate surface area is 116 Å². The van der Waals surface area contributed by atoms with Gasteiger partial charge in [-0.25, -0.2) is 9.38 Å². The van der Waals surface area contributed by atoms with Crippen molar-refractivity contribution >= 4 is 5.84 Å². The molecule has 1 fully saturated rings. The van der Waals surface area contributed by atoms with Gasteiger partial charge in [-0.1, -0.05) is 13.2 Å². The summed E-state index contributed by atoms with van der Waals surface area (Å²) in [7, 11) is 0. The quantitative estimate of drug-likeness (QED) is 0.635. The number of hydrogen-bond acceptors (Lipinski definition) is 6. The van der Waals surface area contributed by atoms with Crippen molar-refractivity contribution in [3.63, 3.8) is 0 Å². The molecule has 0 bridgehead atoms. The molecule has 6 nitrogen and oxygen atoms in total. The van der Waals surface area contributed by atoms with Gasteiger partial charge in [0.15, 0.2) is 12.4 Å². The number of halogens is 1. The molecule has 0 spiro atoms. The Morgan fingerprint density at radius 2 is 2.35 bits per heavy atom. The van der Waals surface area contributed by atoms with Crippen molar-refractivity contribution < 1.29 is 19.3 Å². The monoisotopic (exact) mass is 283 g/mol. The maximum absolute atomic E-state index is 14.4. The summed E-state index contributed by atoms with van der Waals surface area (Å²) >= 11 is 0. The van der Waals surface area contributed by atoms with Crippen molar-refractivity contribution in [3.8, 4) is 0 Å². The van der Waals surface area contributed by atoms with Crippen molar-refractivity contribution in [1.29, 1.82) is 0 Å². The number of rotatable bonds is 3. The van der Waals surface area contributed by atoms with Gasteiger partial charge in [-0.3, -0.25) is 0 Å². The Morgan fingerprint density at radius 1 is 1.70 bits per heavy atom. The van der Waals surface area contributed by atoms with Crippen LogP contribution in [0, 0.1) is 0 Å². The van der Waals surface area contributed by atoms with E-state index in [1.165, 1.54) is 17.2 Å². The lowest BCUT2D eigenvalue weighted by molar-refractivity contribution is -0.112. The molecule has 0 aromatic carbocycles. The largest absolute Gasteiger partial charge is 0.393 e. The van der Waals surface area contributed by atoms with Crippen molar-refractivity contribution in [2.45, 2.75) is 31.0 Å². The predicted octanol–water partition coefficient (Wildman–Crippen LogP) is 0.00660. The number of aliphatic hydroxyl groups excluding tert-OH is 2. The van der Waals surface area contributed by atoms with Gasteiger partial charge in [0, 0.05) is 6.20 Å². The molecule has 2 rings (SSSR count). The fourth-order valence-electron chi connectivity index (χ4n) is 2.31. The van der Waals surface area contributed by atoms with Crippen LogP contribution >= 0.6 is 0 Å². The Balaban J connectivity index is 2.30. The molecule has 0 unspecified atom stereocenters. The number of alkyl halides is 1. The van der Waals surface area contributed by atoms with Gasteiger partial charge in [0.25, 0.3) is 0 Å². The second-order valence-corrected chi connectivity index (χ2v) is 4.90. The van der Waals surface area contributed by atoms with Gasteiger partial charge in [0.1, 0.15) is 23.4 Å². The van der Waals surface area contributed by atoms with Crippen LogP contribution in [0.4, 0.5) is 4.39 Å². The van der Waals surface area contributed by atoms with E-state index in [1.54, 1.807) is 6.92 Å². The first-order chi connectivity index (χ1) is 9.33. The molecule has 20 heavy (non-hydrogen) atoms. The van der Waals surface area contributed by atoms with Crippen LogP contribution in [0.25, 0.3) is 0 Å². The summed E-state index contributed by atoms with van der Waals surface area (Å²) in [5.41, 5.74) is 4.32. The molecule has 0 radical (unpaired) electrons. The van der Waals surface area contributed by atoms with Gasteiger partial charge >= 0.3 is 0 Å². The van der Waals surface area contributed by atoms with Crippen LogP contribution < -0.4 is 5.73 Å². The lowest BCUT2D eigenvalue weighted by Gasteiger charge is -2.33. The van der Waals surface area contributed by atoms with Crippen molar-refractivity contribution in [3.05, 3.63) is 36.8 Å². The molecule has 7 heteroatoms. The summed E-state index contributed by atoms with van der Waals surface area (Å²) in [6, 6.07) is 0. The van der Waals surface area contributed by atoms with Gasteiger partial charge in [-0.15, -0.1) is 0 Å². The summed E-state index contributed by atoms with van der Waals surface area (Å²) in [6.45, 7) is 8.31. The van der Waals surface area contributed by atoms with E-state index in [0.717, 1.165) is 0 Å². The zero-order chi connectivity index (χ0) is 15.1. The van der Waals surface area contributed by atoms with Crippen molar-refractivity contribution in [2.75, 3.05) is 6.61 Å². The van der Waals surface area contributed by atoms with Gasteiger partial charge in [0.05, 0.1) is 6.61 Å². The van der Waals surface area contributed by atoms with E-state index in [4.69, 9.17) is 10.5 Å². The van der Waals surface area contributed by atoms with E-state index in [1.807, 2.05) is 0 Å². The fraction of sp³-hybridized carbons (Fsp3) is 0.462. The number of aliphatic hydroxyl groups is 2. The van der Waals surface area contributed by atoms with Crippen LogP contribution in [-0.4, -0.2) is 51.7 Å². The summed E-state index contributed by atoms with van der Waals surface area (Å²) in [6.07, 6.45) is -1.50. The molecule has 0 aromatic heterocycles. The number of amidine groups is 1. The van der Waals surface area contributed by atoms with E-state index < -0.39 is 30.7 Å². The first-order valence-electron chi connectivity index (χ1n) is 6.10. The number of nitrogens with zero attached hydrogens (tertiary/aromatic N) is 2. The van der Waals surface area contributed by atoms with Crippen molar-refractivity contribution in [1.82, 2.24) is 4.90 Å². The van der Waals surface area contributed by atoms with Gasteiger partial charge in [0.2, 0.25) is 0 Å². The van der Waals surface area contributed by atoms with Crippen LogP contribution in [0.2, 0.25) is 0 Å². The summed E-state index contributed by atoms with van der Waals surface area (Å²) in [4.78, 5) is 5.24. The van der Waals surface area contributed by atoms with Crippen LogP contribution in [-0.2, 0) is 4.74 Å². The maximum Gasteiger partial charge on any atom is 0.174 e. The Kier molecular flexibility index (Phi) is 3.68. The van der Waals surface area contributed by atoms with E-state index in [0.29, 0.717) is 5.57 Å². The highest BCUT2D eigenvalue weighted by molar-refractivity contribution is 5.92. The summed E-state index contributed by atoms with van der Waals surface area (Å²) < 4.78 is 19.9. The molecule has 2 aliphatic heterocycles. The average Bonchev–Trinajstić information content (AvgIpc) is 2.64. The maximum atomic E-state index is 14.4. The Hall–Kier alpha value is -1.70. The molecule has 4 N–H and O–H groups in total. The lowest BCUT2D eigenvalue weighted by Crippen LogP contribution is -2.46. The molecule has 110 valence electrons. The zero-order valence-corrected chi connectivity index (χ0v) is 11.2. The van der Waals surface area contributed by atoms with Crippen LogP contribution in [0.1, 0.15) is 6.92 Å². The predicted molar refractivity (Wildman–Crippen MR) is 72.1 cm³/mol. The van der Waals surface area contributed by atoms with Crippen molar-refractivity contribution in [2.24, 2.45) is 10.7 Å². The SMILES string of the molecule is C=C1N=C(N)C=CN1[C@@H]1O[C@@](CO)(C(=C)C)[C@@H](O)[C@H]1F. The fourth-order valence-corrected chi connectivity index (χ4v) is 2.31. The Bertz CT molecular complexity index is 505. The van der Waals surface area contributed by atoms with E-state index >= 15 is 0 Å². The number of hydrogen-bond donors (Lipinski definition) is 3. The zero-order valence-electron chi connectivity index (χ0n) is 11.2. The minimum atomic E-state index is -1.75. The summed E-state index contributed by atoms with van der Waals surface area (Å²) in [5.74, 6) is 0.439. The molecule has 0 aromatic rings. The van der Waals surface area contributed by atoms with Gasteiger partial charge < -0.3 is 25.6 Å². The molecule has 4 atom stereocenters. The molecule has 2 heterocycles. The third-order valence-corrected chi connectivity index (χ3v) is 3.58. The standard InChI is InChI=1S/C13H18FN3O3/c1-7(2)13(6-18)11(19)10(14)12(20-13)17-5-4-9(15)16-8(17)3/h4-5,10-12,18-19H,1,3,6H2,2H3,(H2,15,16)/t10-,11+,12-,13+/m1/s1. The number of aliphatic imine (C=N–C) groups is 1. The highest BCUT2D eigenvalue weighted by Gasteiger charge is 2.57. The second-order valence-electron chi connectivity index (χ2n) is 4.90. The minimum absolute atomic E-state index is 0.195. The van der Waals surface area contributed by atoms with Crippen LogP contribution in [0.15, 0.2) is 41.8 Å². The summed E-state index contributed by atoms with van der Waals surface area (Å²) in [5, 5.41) is 19.5. The highest BCUT2D eigenvalue weighted by Crippen LogP contribution is 2.40. The highest BCUT2D eigenvalue weighted by atomic mass is 19.1. The second kappa shape index (κ2) is 5.01. The normalized spacial score (nSPS) is 37.2. The molecular weight excluding hydrogens is 265 g/mol. The average molecular weight is 283 g/mol. The molecule has 0 amide bonds. The molecule has 0 aliphatic carbocycles. The Morgan fingerprint density at radius 3 is 2.80 bits per heavy atom. The molecule has 1 saturated heterocycles. The van der Waals surface area contributed by atoms with Gasteiger partial charge in [-0.05, 0) is 18.6 Å². The van der Waals surface area contributed by atoms with Crippen LogP contribution in [0.5, 0.6) is 0 Å². The number of nitrogens with two attached hydrogens (primary N) is 1. The number of ether oxygens (including phenoxy) is 1. The third kappa shape index (κ3) is 2.04. The first-order valence-corrected chi connectivity index (χ1v) is 6.10. The van der Waals surface area contributed by atoms with Gasteiger partial charge in [-0.2, -0.15) is 0 Å². The van der Waals surface area contributed by atoms with E-state index in [2.05, 4.69) is 18.2 Å². The molecule has 0 saturated carbocycles. The topological polar surface area (TPSA) is 91.3 Å². The smallest absolute Gasteiger partial charge is 0.174 e. The first kappa shape index (κ1) is 14.7. The third-order valence-electron chi connectivity index (χ3n) is 3.58. The van der Waals surface area contributed by atoms with Crippen LogP contribution in [0.3, 0.4) is 0 Å².